The minimum atomic E-state index is 0.438. The van der Waals surface area contributed by atoms with Crippen molar-refractivity contribution in [2.24, 2.45) is 5.10 Å². The lowest BCUT2D eigenvalue weighted by Gasteiger charge is -2.00. The fraction of sp³-hybridized carbons (Fsp3) is 0. The van der Waals surface area contributed by atoms with Crippen molar-refractivity contribution in [3.63, 3.8) is 0 Å². The third kappa shape index (κ3) is 2.72. The highest BCUT2D eigenvalue weighted by Gasteiger charge is 2.08. The zero-order valence-corrected chi connectivity index (χ0v) is 12.5. The predicted octanol–water partition coefficient (Wildman–Crippen LogP) is 4.20. The monoisotopic (exact) mass is 320 g/mol. The van der Waals surface area contributed by atoms with E-state index in [4.69, 9.17) is 23.8 Å². The highest BCUT2D eigenvalue weighted by molar-refractivity contribution is 7.71. The van der Waals surface area contributed by atoms with Gasteiger partial charge in [-0.3, -0.25) is 0 Å². The van der Waals surface area contributed by atoms with Crippen LogP contribution in [0.3, 0.4) is 0 Å². The van der Waals surface area contributed by atoms with E-state index in [1.807, 2.05) is 41.8 Å². The average Bonchev–Trinajstić information content (AvgIpc) is 3.06. The van der Waals surface area contributed by atoms with Crippen molar-refractivity contribution in [3.8, 4) is 11.4 Å². The zero-order chi connectivity index (χ0) is 13.9. The van der Waals surface area contributed by atoms with Crippen molar-refractivity contribution >= 4 is 41.4 Å². The Labute approximate surface area is 129 Å². The van der Waals surface area contributed by atoms with Crippen LogP contribution in [0.25, 0.3) is 11.4 Å². The topological polar surface area (TPSA) is 46.0 Å². The maximum Gasteiger partial charge on any atom is 0.216 e. The number of benzene rings is 1. The molecule has 0 bridgehead atoms. The first kappa shape index (κ1) is 13.2. The second kappa shape index (κ2) is 5.70. The summed E-state index contributed by atoms with van der Waals surface area (Å²) in [6.07, 6.45) is 1.75. The summed E-state index contributed by atoms with van der Waals surface area (Å²) in [5.41, 5.74) is 0.855. The first-order valence-electron chi connectivity index (χ1n) is 5.75. The van der Waals surface area contributed by atoms with Gasteiger partial charge in [0, 0.05) is 15.5 Å². The van der Waals surface area contributed by atoms with Crippen LogP contribution in [0.4, 0.5) is 0 Å². The van der Waals surface area contributed by atoms with Crippen molar-refractivity contribution in [3.05, 3.63) is 56.4 Å². The molecule has 1 aromatic carbocycles. The summed E-state index contributed by atoms with van der Waals surface area (Å²) < 4.78 is 2.02. The molecule has 4 nitrogen and oxygen atoms in total. The van der Waals surface area contributed by atoms with Gasteiger partial charge in [-0.15, -0.1) is 11.3 Å². The number of hydrogen-bond donors (Lipinski definition) is 1. The third-order valence-corrected chi connectivity index (χ3v) is 3.88. The van der Waals surface area contributed by atoms with E-state index in [0.29, 0.717) is 15.6 Å². The Bertz CT molecular complexity index is 802. The molecule has 0 saturated heterocycles. The Morgan fingerprint density at radius 3 is 3.00 bits per heavy atom. The molecule has 2 aromatic heterocycles. The van der Waals surface area contributed by atoms with Gasteiger partial charge in [-0.25, -0.2) is 5.10 Å². The van der Waals surface area contributed by atoms with Gasteiger partial charge in [-0.2, -0.15) is 14.9 Å². The molecule has 0 aliphatic heterocycles. The van der Waals surface area contributed by atoms with Crippen LogP contribution in [0.5, 0.6) is 0 Å². The molecule has 2 heterocycles. The maximum absolute atomic E-state index is 6.00. The molecule has 0 aliphatic carbocycles. The molecule has 20 heavy (non-hydrogen) atoms. The van der Waals surface area contributed by atoms with Gasteiger partial charge < -0.3 is 0 Å². The summed E-state index contributed by atoms with van der Waals surface area (Å²) in [4.78, 5) is 1.05. The Morgan fingerprint density at radius 2 is 2.25 bits per heavy atom. The van der Waals surface area contributed by atoms with E-state index < -0.39 is 0 Å². The molecule has 0 atom stereocenters. The van der Waals surface area contributed by atoms with Crippen LogP contribution in [0.2, 0.25) is 5.02 Å². The van der Waals surface area contributed by atoms with Crippen LogP contribution >= 0.6 is 35.2 Å². The number of halogens is 1. The smallest absolute Gasteiger partial charge is 0.216 e. The van der Waals surface area contributed by atoms with E-state index in [0.717, 1.165) is 10.4 Å². The summed E-state index contributed by atoms with van der Waals surface area (Å²) in [5, 5.41) is 14.0. The van der Waals surface area contributed by atoms with E-state index in [1.54, 1.807) is 22.2 Å². The van der Waals surface area contributed by atoms with Crippen molar-refractivity contribution < 1.29 is 0 Å². The van der Waals surface area contributed by atoms with Crippen molar-refractivity contribution in [2.75, 3.05) is 0 Å². The molecule has 0 radical (unpaired) electrons. The van der Waals surface area contributed by atoms with E-state index in [1.165, 1.54) is 0 Å². The number of nitrogens with zero attached hydrogens (tertiary/aromatic N) is 3. The second-order valence-corrected chi connectivity index (χ2v) is 5.74. The van der Waals surface area contributed by atoms with Gasteiger partial charge in [0.05, 0.1) is 6.21 Å². The largest absolute Gasteiger partial charge is 0.250 e. The van der Waals surface area contributed by atoms with Gasteiger partial charge in [0.1, 0.15) is 0 Å². The van der Waals surface area contributed by atoms with Crippen LogP contribution in [-0.2, 0) is 0 Å². The lowest BCUT2D eigenvalue weighted by atomic mass is 10.2. The molecule has 0 saturated carbocycles. The molecule has 100 valence electrons. The van der Waals surface area contributed by atoms with Crippen LogP contribution in [0.15, 0.2) is 46.9 Å². The van der Waals surface area contributed by atoms with Crippen molar-refractivity contribution in [2.45, 2.75) is 0 Å². The number of aromatic amines is 1. The van der Waals surface area contributed by atoms with Crippen LogP contribution in [0, 0.1) is 4.77 Å². The van der Waals surface area contributed by atoms with Gasteiger partial charge in [0.25, 0.3) is 0 Å². The van der Waals surface area contributed by atoms with Gasteiger partial charge in [0.15, 0.2) is 5.82 Å². The minimum Gasteiger partial charge on any atom is -0.250 e. The fourth-order valence-electron chi connectivity index (χ4n) is 1.69. The maximum atomic E-state index is 6.00. The summed E-state index contributed by atoms with van der Waals surface area (Å²) >= 11 is 12.8. The lowest BCUT2D eigenvalue weighted by Crippen LogP contribution is -1.94. The van der Waals surface area contributed by atoms with E-state index >= 15 is 0 Å². The van der Waals surface area contributed by atoms with Gasteiger partial charge in [-0.05, 0) is 35.8 Å². The number of hydrogen-bond acceptors (Lipinski definition) is 4. The van der Waals surface area contributed by atoms with Crippen LogP contribution < -0.4 is 0 Å². The first-order valence-corrected chi connectivity index (χ1v) is 7.42. The predicted molar refractivity (Wildman–Crippen MR) is 85.2 cm³/mol. The Balaban J connectivity index is 2.04. The summed E-state index contributed by atoms with van der Waals surface area (Å²) in [5.74, 6) is 0.630. The number of rotatable bonds is 3. The quantitative estimate of drug-likeness (QED) is 0.580. The van der Waals surface area contributed by atoms with Crippen molar-refractivity contribution in [1.29, 1.82) is 0 Å². The van der Waals surface area contributed by atoms with E-state index in [2.05, 4.69) is 15.3 Å². The molecular formula is C13H9ClN4S2. The molecular weight excluding hydrogens is 312 g/mol. The minimum absolute atomic E-state index is 0.438. The van der Waals surface area contributed by atoms with Gasteiger partial charge in [0.2, 0.25) is 4.77 Å². The fourth-order valence-corrected chi connectivity index (χ4v) is 2.64. The number of H-pyrrole nitrogens is 1. The molecule has 3 rings (SSSR count). The molecule has 3 aromatic rings. The molecule has 0 unspecified atom stereocenters. The highest BCUT2D eigenvalue weighted by Crippen LogP contribution is 2.21. The zero-order valence-electron chi connectivity index (χ0n) is 10.2. The van der Waals surface area contributed by atoms with E-state index in [9.17, 15) is 0 Å². The van der Waals surface area contributed by atoms with Crippen LogP contribution in [0.1, 0.15) is 4.88 Å². The SMILES string of the molecule is S=c1[nH]nc(-c2cccc(Cl)c2)n1N=Cc1cccs1. The third-order valence-electron chi connectivity index (χ3n) is 2.58. The molecule has 0 spiro atoms. The molecule has 0 aliphatic rings. The van der Waals surface area contributed by atoms with Gasteiger partial charge in [-0.1, -0.05) is 29.8 Å². The van der Waals surface area contributed by atoms with Gasteiger partial charge >= 0.3 is 0 Å². The highest BCUT2D eigenvalue weighted by atomic mass is 35.5. The summed E-state index contributed by atoms with van der Waals surface area (Å²) in [7, 11) is 0. The van der Waals surface area contributed by atoms with Crippen molar-refractivity contribution in [1.82, 2.24) is 14.9 Å². The van der Waals surface area contributed by atoms with Crippen LogP contribution in [-0.4, -0.2) is 21.1 Å². The Hall–Kier alpha value is -1.76. The average molecular weight is 321 g/mol. The molecule has 7 heteroatoms. The summed E-state index contributed by atoms with van der Waals surface area (Å²) in [6, 6.07) is 11.4. The normalized spacial score (nSPS) is 11.2. The number of thiophene rings is 1. The second-order valence-electron chi connectivity index (χ2n) is 3.93. The van der Waals surface area contributed by atoms with E-state index in [-0.39, 0.29) is 0 Å². The first-order chi connectivity index (χ1) is 9.74. The Morgan fingerprint density at radius 1 is 1.35 bits per heavy atom. The lowest BCUT2D eigenvalue weighted by molar-refractivity contribution is 0.872. The molecule has 0 fully saturated rings. The number of aromatic nitrogens is 3. The molecule has 1 N–H and O–H groups in total. The molecule has 0 amide bonds. The summed E-state index contributed by atoms with van der Waals surface area (Å²) in [6.45, 7) is 0. The standard InChI is InChI=1S/C13H9ClN4S2/c14-10-4-1-3-9(7-10)12-16-17-13(19)18(12)15-8-11-5-2-6-20-11/h1-8H,(H,17,19). The number of nitrogens with one attached hydrogen (secondary N) is 1. The Kier molecular flexibility index (Phi) is 3.77.